The second-order valence-electron chi connectivity index (χ2n) is 4.66. The monoisotopic (exact) mass is 214 g/mol. The van der Waals surface area contributed by atoms with Gasteiger partial charge in [0.05, 0.1) is 0 Å². The molecule has 90 valence electrons. The van der Waals surface area contributed by atoms with Gasteiger partial charge >= 0.3 is 0 Å². The maximum Gasteiger partial charge on any atom is 0.0462 e. The molecular weight excluding hydrogens is 188 g/mol. The summed E-state index contributed by atoms with van der Waals surface area (Å²) in [5, 5.41) is 3.49. The van der Waals surface area contributed by atoms with Crippen LogP contribution in [0.2, 0.25) is 0 Å². The van der Waals surface area contributed by atoms with Gasteiger partial charge in [0.15, 0.2) is 0 Å². The van der Waals surface area contributed by atoms with Gasteiger partial charge < -0.3 is 15.0 Å². The first-order valence-corrected chi connectivity index (χ1v) is 6.25. The SMILES string of the molecule is COCCCCN1CCCNCC(C)C1. The quantitative estimate of drug-likeness (QED) is 0.699. The number of unbranched alkanes of at least 4 members (excludes halogenated alkanes) is 1. The van der Waals surface area contributed by atoms with Gasteiger partial charge in [-0.05, 0) is 51.4 Å². The highest BCUT2D eigenvalue weighted by atomic mass is 16.5. The number of rotatable bonds is 5. The van der Waals surface area contributed by atoms with E-state index in [0.29, 0.717) is 0 Å². The fraction of sp³-hybridized carbons (Fsp3) is 1.00. The van der Waals surface area contributed by atoms with Crippen LogP contribution < -0.4 is 5.32 Å². The summed E-state index contributed by atoms with van der Waals surface area (Å²) >= 11 is 0. The number of nitrogens with one attached hydrogen (secondary N) is 1. The number of nitrogens with zero attached hydrogens (tertiary/aromatic N) is 1. The van der Waals surface area contributed by atoms with Crippen LogP contribution in [0.15, 0.2) is 0 Å². The molecule has 0 aromatic heterocycles. The summed E-state index contributed by atoms with van der Waals surface area (Å²) in [6.45, 7) is 9.34. The molecule has 1 aliphatic heterocycles. The Kier molecular flexibility index (Phi) is 6.98. The maximum atomic E-state index is 5.07. The number of hydrogen-bond acceptors (Lipinski definition) is 3. The Morgan fingerprint density at radius 2 is 2.27 bits per heavy atom. The van der Waals surface area contributed by atoms with E-state index < -0.39 is 0 Å². The Labute approximate surface area is 94.2 Å². The third kappa shape index (κ3) is 6.13. The van der Waals surface area contributed by atoms with E-state index >= 15 is 0 Å². The zero-order valence-electron chi connectivity index (χ0n) is 10.3. The average Bonchev–Trinajstić information content (AvgIpc) is 2.19. The molecule has 0 aliphatic carbocycles. The van der Waals surface area contributed by atoms with Crippen molar-refractivity contribution in [3.8, 4) is 0 Å². The molecule has 0 aromatic carbocycles. The molecule has 0 radical (unpaired) electrons. The van der Waals surface area contributed by atoms with Gasteiger partial charge in [0.1, 0.15) is 0 Å². The molecule has 1 rings (SSSR count). The van der Waals surface area contributed by atoms with Gasteiger partial charge in [-0.15, -0.1) is 0 Å². The van der Waals surface area contributed by atoms with Crippen molar-refractivity contribution in [3.63, 3.8) is 0 Å². The fourth-order valence-electron chi connectivity index (χ4n) is 2.16. The minimum absolute atomic E-state index is 0.785. The smallest absolute Gasteiger partial charge is 0.0462 e. The van der Waals surface area contributed by atoms with E-state index in [1.807, 2.05) is 0 Å². The number of methoxy groups -OCH3 is 1. The summed E-state index contributed by atoms with van der Waals surface area (Å²) in [6.07, 6.45) is 3.75. The van der Waals surface area contributed by atoms with Crippen LogP contribution in [0.3, 0.4) is 0 Å². The normalized spacial score (nSPS) is 24.8. The van der Waals surface area contributed by atoms with Crippen molar-refractivity contribution in [2.45, 2.75) is 26.2 Å². The van der Waals surface area contributed by atoms with Gasteiger partial charge in [-0.3, -0.25) is 0 Å². The molecule has 1 unspecified atom stereocenters. The highest BCUT2D eigenvalue weighted by molar-refractivity contribution is 4.69. The van der Waals surface area contributed by atoms with Crippen LogP contribution in [0.5, 0.6) is 0 Å². The summed E-state index contributed by atoms with van der Waals surface area (Å²) in [7, 11) is 1.78. The summed E-state index contributed by atoms with van der Waals surface area (Å²) in [6, 6.07) is 0. The van der Waals surface area contributed by atoms with Crippen molar-refractivity contribution in [1.82, 2.24) is 10.2 Å². The maximum absolute atomic E-state index is 5.07. The van der Waals surface area contributed by atoms with E-state index in [9.17, 15) is 0 Å². The van der Waals surface area contributed by atoms with Crippen LogP contribution in [-0.2, 0) is 4.74 Å². The third-order valence-corrected chi connectivity index (χ3v) is 2.96. The third-order valence-electron chi connectivity index (χ3n) is 2.96. The lowest BCUT2D eigenvalue weighted by molar-refractivity contribution is 0.175. The zero-order chi connectivity index (χ0) is 10.9. The van der Waals surface area contributed by atoms with Gasteiger partial charge in [-0.1, -0.05) is 6.92 Å². The largest absolute Gasteiger partial charge is 0.385 e. The Morgan fingerprint density at radius 3 is 3.07 bits per heavy atom. The van der Waals surface area contributed by atoms with E-state index in [1.54, 1.807) is 7.11 Å². The van der Waals surface area contributed by atoms with E-state index in [2.05, 4.69) is 17.1 Å². The van der Waals surface area contributed by atoms with Gasteiger partial charge in [-0.2, -0.15) is 0 Å². The van der Waals surface area contributed by atoms with Crippen LogP contribution in [-0.4, -0.2) is 51.3 Å². The second kappa shape index (κ2) is 8.08. The first kappa shape index (κ1) is 12.9. The van der Waals surface area contributed by atoms with Crippen molar-refractivity contribution in [2.24, 2.45) is 5.92 Å². The number of hydrogen-bond donors (Lipinski definition) is 1. The van der Waals surface area contributed by atoms with Gasteiger partial charge in [0.2, 0.25) is 0 Å². The molecule has 3 heteroatoms. The standard InChI is InChI=1S/C12H26N2O/c1-12-10-13-6-5-8-14(11-12)7-3-4-9-15-2/h12-13H,3-11H2,1-2H3. The second-order valence-corrected chi connectivity index (χ2v) is 4.66. The van der Waals surface area contributed by atoms with Crippen molar-refractivity contribution in [2.75, 3.05) is 46.4 Å². The zero-order valence-corrected chi connectivity index (χ0v) is 10.3. The summed E-state index contributed by atoms with van der Waals surface area (Å²) in [5.74, 6) is 0.785. The highest BCUT2D eigenvalue weighted by Gasteiger charge is 2.12. The molecule has 1 atom stereocenters. The van der Waals surface area contributed by atoms with Crippen molar-refractivity contribution < 1.29 is 4.74 Å². The van der Waals surface area contributed by atoms with Crippen molar-refractivity contribution >= 4 is 0 Å². The Balaban J connectivity index is 2.13. The van der Waals surface area contributed by atoms with Gasteiger partial charge in [-0.25, -0.2) is 0 Å². The minimum atomic E-state index is 0.785. The molecule has 0 saturated carbocycles. The van der Waals surface area contributed by atoms with Gasteiger partial charge in [0, 0.05) is 20.3 Å². The fourth-order valence-corrected chi connectivity index (χ4v) is 2.16. The molecule has 0 amide bonds. The summed E-state index contributed by atoms with van der Waals surface area (Å²) in [5.41, 5.74) is 0. The molecule has 0 spiro atoms. The van der Waals surface area contributed by atoms with Gasteiger partial charge in [0.25, 0.3) is 0 Å². The summed E-state index contributed by atoms with van der Waals surface area (Å²) in [4.78, 5) is 2.61. The molecule has 1 aliphatic rings. The predicted molar refractivity (Wildman–Crippen MR) is 64.2 cm³/mol. The lowest BCUT2D eigenvalue weighted by Gasteiger charge is -2.28. The molecular formula is C12H26N2O. The highest BCUT2D eigenvalue weighted by Crippen LogP contribution is 2.05. The Morgan fingerprint density at radius 1 is 1.40 bits per heavy atom. The molecule has 0 aromatic rings. The summed E-state index contributed by atoms with van der Waals surface area (Å²) < 4.78 is 5.07. The molecule has 1 saturated heterocycles. The minimum Gasteiger partial charge on any atom is -0.385 e. The van der Waals surface area contributed by atoms with Crippen molar-refractivity contribution in [3.05, 3.63) is 0 Å². The topological polar surface area (TPSA) is 24.5 Å². The van der Waals surface area contributed by atoms with Crippen LogP contribution in [0.4, 0.5) is 0 Å². The molecule has 1 N–H and O–H groups in total. The van der Waals surface area contributed by atoms with E-state index in [4.69, 9.17) is 4.74 Å². The van der Waals surface area contributed by atoms with E-state index in [1.165, 1.54) is 52.0 Å². The van der Waals surface area contributed by atoms with Crippen LogP contribution >= 0.6 is 0 Å². The molecule has 15 heavy (non-hydrogen) atoms. The molecule has 1 heterocycles. The average molecular weight is 214 g/mol. The predicted octanol–water partition coefficient (Wildman–Crippen LogP) is 1.34. The lowest BCUT2D eigenvalue weighted by atomic mass is 10.1. The first-order valence-electron chi connectivity index (χ1n) is 6.25. The Hall–Kier alpha value is -0.120. The van der Waals surface area contributed by atoms with E-state index in [0.717, 1.165) is 12.5 Å². The van der Waals surface area contributed by atoms with E-state index in [-0.39, 0.29) is 0 Å². The number of ether oxygens (including phenoxy) is 1. The van der Waals surface area contributed by atoms with Crippen LogP contribution in [0, 0.1) is 5.92 Å². The molecule has 0 bridgehead atoms. The Bertz CT molecular complexity index is 153. The molecule has 1 fully saturated rings. The van der Waals surface area contributed by atoms with Crippen LogP contribution in [0.25, 0.3) is 0 Å². The molecule has 3 nitrogen and oxygen atoms in total. The first-order chi connectivity index (χ1) is 7.33. The van der Waals surface area contributed by atoms with Crippen molar-refractivity contribution in [1.29, 1.82) is 0 Å². The lowest BCUT2D eigenvalue weighted by Crippen LogP contribution is -2.39. The van der Waals surface area contributed by atoms with Crippen LogP contribution in [0.1, 0.15) is 26.2 Å².